The summed E-state index contributed by atoms with van der Waals surface area (Å²) in [4.78, 5) is 15.5. The highest BCUT2D eigenvalue weighted by atomic mass is 19.4. The number of carboxylic acid groups (broad SMARTS) is 1. The Morgan fingerprint density at radius 2 is 1.89 bits per heavy atom. The van der Waals surface area contributed by atoms with Crippen molar-refractivity contribution in [2.75, 3.05) is 0 Å². The molecule has 1 N–H and O–H groups in total. The van der Waals surface area contributed by atoms with Crippen molar-refractivity contribution >= 4 is 5.97 Å². The van der Waals surface area contributed by atoms with E-state index in [-0.39, 0.29) is 17.1 Å². The lowest BCUT2D eigenvalue weighted by Crippen LogP contribution is -2.16. The molecule has 4 nitrogen and oxygen atoms in total. The van der Waals surface area contributed by atoms with Crippen molar-refractivity contribution in [3.05, 3.63) is 41.0 Å². The van der Waals surface area contributed by atoms with Gasteiger partial charge in [0.1, 0.15) is 11.6 Å². The molecule has 3 rings (SSSR count). The lowest BCUT2D eigenvalue weighted by atomic mass is 9.89. The second-order valence-corrected chi connectivity index (χ2v) is 7.02. The molecule has 0 atom stereocenters. The molecule has 0 radical (unpaired) electrons. The number of benzene rings is 1. The number of carbonyl (C=O) groups is 1. The predicted octanol–water partition coefficient (Wildman–Crippen LogP) is 5.29. The Morgan fingerprint density at radius 3 is 2.48 bits per heavy atom. The summed E-state index contributed by atoms with van der Waals surface area (Å²) in [5, 5.41) is 9.36. The quantitative estimate of drug-likeness (QED) is 0.729. The van der Waals surface area contributed by atoms with E-state index >= 15 is 0 Å². The van der Waals surface area contributed by atoms with E-state index in [2.05, 4.69) is 4.98 Å². The fourth-order valence-electron chi connectivity index (χ4n) is 3.69. The summed E-state index contributed by atoms with van der Waals surface area (Å²) < 4.78 is 54.7. The zero-order valence-corrected chi connectivity index (χ0v) is 14.8. The topological polar surface area (TPSA) is 55.1 Å². The van der Waals surface area contributed by atoms with Crippen molar-refractivity contribution < 1.29 is 27.5 Å². The molecule has 0 bridgehead atoms. The van der Waals surface area contributed by atoms with Crippen LogP contribution >= 0.6 is 0 Å². The molecule has 1 aromatic heterocycles. The van der Waals surface area contributed by atoms with Crippen LogP contribution in [0.1, 0.15) is 53.8 Å². The molecule has 0 spiro atoms. The Morgan fingerprint density at radius 1 is 1.22 bits per heavy atom. The van der Waals surface area contributed by atoms with Gasteiger partial charge in [0.15, 0.2) is 5.69 Å². The molecular formula is C19H20F4N2O2. The van der Waals surface area contributed by atoms with Crippen LogP contribution in [-0.2, 0) is 12.7 Å². The third-order valence-corrected chi connectivity index (χ3v) is 5.07. The fourth-order valence-corrected chi connectivity index (χ4v) is 3.69. The predicted molar refractivity (Wildman–Crippen MR) is 90.9 cm³/mol. The summed E-state index contributed by atoms with van der Waals surface area (Å²) in [7, 11) is 0. The van der Waals surface area contributed by atoms with E-state index < -0.39 is 23.5 Å². The molecule has 0 amide bonds. The number of hydrogen-bond donors (Lipinski definition) is 1. The summed E-state index contributed by atoms with van der Waals surface area (Å²) >= 11 is 0. The third kappa shape index (κ3) is 4.14. The number of nitrogens with zero attached hydrogens (tertiary/aromatic N) is 2. The Bertz CT molecular complexity index is 852. The molecule has 1 saturated carbocycles. The van der Waals surface area contributed by atoms with Gasteiger partial charge in [0.2, 0.25) is 0 Å². The minimum atomic E-state index is -4.71. The van der Waals surface area contributed by atoms with Crippen LogP contribution in [0.15, 0.2) is 18.2 Å². The van der Waals surface area contributed by atoms with Crippen LogP contribution in [0.3, 0.4) is 0 Å². The molecule has 146 valence electrons. The summed E-state index contributed by atoms with van der Waals surface area (Å²) in [5.41, 5.74) is -1.06. The first kappa shape index (κ1) is 19.4. The smallest absolute Gasteiger partial charge is 0.416 e. The minimum absolute atomic E-state index is 0.0560. The van der Waals surface area contributed by atoms with Crippen LogP contribution in [0.5, 0.6) is 0 Å². The first-order chi connectivity index (χ1) is 12.7. The number of hydrogen-bond acceptors (Lipinski definition) is 2. The third-order valence-electron chi connectivity index (χ3n) is 5.07. The van der Waals surface area contributed by atoms with Crippen molar-refractivity contribution in [1.29, 1.82) is 0 Å². The lowest BCUT2D eigenvalue weighted by molar-refractivity contribution is -0.137. The number of carboxylic acids is 1. The van der Waals surface area contributed by atoms with Gasteiger partial charge < -0.3 is 9.67 Å². The van der Waals surface area contributed by atoms with Gasteiger partial charge in [0.05, 0.1) is 5.56 Å². The molecule has 1 fully saturated rings. The molecule has 1 aromatic carbocycles. The lowest BCUT2D eigenvalue weighted by Gasteiger charge is -2.23. The Hall–Kier alpha value is -2.38. The van der Waals surface area contributed by atoms with Crippen LogP contribution in [0.25, 0.3) is 11.4 Å². The van der Waals surface area contributed by atoms with Gasteiger partial charge in [-0.25, -0.2) is 14.2 Å². The molecule has 1 aliphatic carbocycles. The van der Waals surface area contributed by atoms with Gasteiger partial charge in [-0.1, -0.05) is 19.3 Å². The van der Waals surface area contributed by atoms with E-state index in [9.17, 15) is 27.5 Å². The highest BCUT2D eigenvalue weighted by molar-refractivity contribution is 5.87. The number of alkyl halides is 3. The number of aromatic carboxylic acids is 1. The zero-order chi connectivity index (χ0) is 19.8. The SMILES string of the molecule is Cc1c(C(=O)O)nc(-c2cc(F)cc(C(F)(F)F)c2)n1CC1CCCCC1. The maximum atomic E-state index is 13.8. The van der Waals surface area contributed by atoms with Crippen LogP contribution in [0.2, 0.25) is 0 Å². The molecule has 0 unspecified atom stereocenters. The monoisotopic (exact) mass is 384 g/mol. The van der Waals surface area contributed by atoms with E-state index in [0.717, 1.165) is 44.2 Å². The maximum absolute atomic E-state index is 13.8. The van der Waals surface area contributed by atoms with Gasteiger partial charge in [0.25, 0.3) is 0 Å². The fraction of sp³-hybridized carbons (Fsp3) is 0.474. The summed E-state index contributed by atoms with van der Waals surface area (Å²) in [6.07, 6.45) is 0.510. The first-order valence-corrected chi connectivity index (χ1v) is 8.85. The highest BCUT2D eigenvalue weighted by Crippen LogP contribution is 2.34. The van der Waals surface area contributed by atoms with Gasteiger partial charge in [-0.3, -0.25) is 0 Å². The second kappa shape index (κ2) is 7.32. The molecule has 1 aliphatic rings. The van der Waals surface area contributed by atoms with E-state index in [4.69, 9.17) is 0 Å². The zero-order valence-electron chi connectivity index (χ0n) is 14.8. The summed E-state index contributed by atoms with van der Waals surface area (Å²) in [6, 6.07) is 2.19. The Kier molecular flexibility index (Phi) is 5.26. The molecule has 0 aliphatic heterocycles. The average Bonchev–Trinajstić information content (AvgIpc) is 2.91. The first-order valence-electron chi connectivity index (χ1n) is 8.85. The van der Waals surface area contributed by atoms with Crippen molar-refractivity contribution in [3.63, 3.8) is 0 Å². The van der Waals surface area contributed by atoms with E-state index in [1.807, 2.05) is 0 Å². The number of rotatable bonds is 4. The molecule has 27 heavy (non-hydrogen) atoms. The van der Waals surface area contributed by atoms with Crippen LogP contribution in [0, 0.1) is 18.7 Å². The van der Waals surface area contributed by atoms with E-state index in [1.165, 1.54) is 0 Å². The number of imidazole rings is 1. The Labute approximate surface area is 153 Å². The molecule has 2 aromatic rings. The number of aromatic nitrogens is 2. The molecule has 1 heterocycles. The van der Waals surface area contributed by atoms with Crippen molar-refractivity contribution in [2.24, 2.45) is 5.92 Å². The van der Waals surface area contributed by atoms with Gasteiger partial charge in [-0.2, -0.15) is 13.2 Å². The van der Waals surface area contributed by atoms with Crippen molar-refractivity contribution in [3.8, 4) is 11.4 Å². The van der Waals surface area contributed by atoms with Crippen LogP contribution in [-0.4, -0.2) is 20.6 Å². The van der Waals surface area contributed by atoms with E-state index in [1.54, 1.807) is 11.5 Å². The van der Waals surface area contributed by atoms with Crippen molar-refractivity contribution in [2.45, 2.75) is 51.7 Å². The normalized spacial score (nSPS) is 15.9. The van der Waals surface area contributed by atoms with E-state index in [0.29, 0.717) is 24.2 Å². The summed E-state index contributed by atoms with van der Waals surface area (Å²) in [5.74, 6) is -1.95. The van der Waals surface area contributed by atoms with Gasteiger partial charge in [0, 0.05) is 17.8 Å². The van der Waals surface area contributed by atoms with Gasteiger partial charge in [-0.15, -0.1) is 0 Å². The molecule has 0 saturated heterocycles. The highest BCUT2D eigenvalue weighted by Gasteiger charge is 2.32. The average molecular weight is 384 g/mol. The van der Waals surface area contributed by atoms with Crippen LogP contribution in [0.4, 0.5) is 17.6 Å². The van der Waals surface area contributed by atoms with Crippen LogP contribution < -0.4 is 0 Å². The standard InChI is InChI=1S/C19H20F4N2O2/c1-11-16(18(26)27)24-17(25(11)10-12-5-3-2-4-6-12)13-7-14(19(21,22)23)9-15(20)8-13/h7-9,12H,2-6,10H2,1H3,(H,26,27). The van der Waals surface area contributed by atoms with Gasteiger partial charge >= 0.3 is 12.1 Å². The number of halogens is 4. The molecular weight excluding hydrogens is 364 g/mol. The maximum Gasteiger partial charge on any atom is 0.416 e. The summed E-state index contributed by atoms with van der Waals surface area (Å²) in [6.45, 7) is 2.03. The van der Waals surface area contributed by atoms with Gasteiger partial charge in [-0.05, 0) is 43.9 Å². The largest absolute Gasteiger partial charge is 0.476 e. The molecule has 8 heteroatoms. The Balaban J connectivity index is 2.10. The van der Waals surface area contributed by atoms with Crippen molar-refractivity contribution in [1.82, 2.24) is 9.55 Å². The minimum Gasteiger partial charge on any atom is -0.476 e. The second-order valence-electron chi connectivity index (χ2n) is 7.02.